The SMILES string of the molecule is OCN1CCC(O)CC1. The van der Waals surface area contributed by atoms with Crippen LogP contribution in [-0.4, -0.2) is 41.0 Å². The Kier molecular flexibility index (Phi) is 2.45. The minimum atomic E-state index is -0.132. The Morgan fingerprint density at radius 1 is 1.33 bits per heavy atom. The quantitative estimate of drug-likeness (QED) is 0.499. The van der Waals surface area contributed by atoms with Crippen LogP contribution in [-0.2, 0) is 0 Å². The summed E-state index contributed by atoms with van der Waals surface area (Å²) in [5.41, 5.74) is 0. The van der Waals surface area contributed by atoms with E-state index in [1.165, 1.54) is 0 Å². The lowest BCUT2D eigenvalue weighted by atomic mass is 10.1. The molecule has 3 heteroatoms. The molecule has 0 amide bonds. The Morgan fingerprint density at radius 2 is 1.89 bits per heavy atom. The molecule has 0 spiro atoms. The van der Waals surface area contributed by atoms with E-state index in [4.69, 9.17) is 10.2 Å². The average molecular weight is 131 g/mol. The molecule has 54 valence electrons. The van der Waals surface area contributed by atoms with Crippen LogP contribution < -0.4 is 0 Å². The standard InChI is InChI=1S/C6H13NO2/c8-5-7-3-1-6(9)2-4-7/h6,8-9H,1-5H2. The third-order valence-electron chi connectivity index (χ3n) is 1.76. The van der Waals surface area contributed by atoms with Crippen LogP contribution in [0.4, 0.5) is 0 Å². The summed E-state index contributed by atoms with van der Waals surface area (Å²) in [7, 11) is 0. The third kappa shape index (κ3) is 1.93. The molecule has 1 aliphatic rings. The molecule has 0 bridgehead atoms. The van der Waals surface area contributed by atoms with E-state index in [9.17, 15) is 0 Å². The highest BCUT2D eigenvalue weighted by molar-refractivity contribution is 4.68. The zero-order valence-electron chi connectivity index (χ0n) is 5.45. The summed E-state index contributed by atoms with van der Waals surface area (Å²) in [5, 5.41) is 17.6. The lowest BCUT2D eigenvalue weighted by Crippen LogP contribution is -2.36. The summed E-state index contributed by atoms with van der Waals surface area (Å²) in [4.78, 5) is 1.92. The zero-order chi connectivity index (χ0) is 6.69. The molecule has 1 heterocycles. The average Bonchev–Trinajstić information content (AvgIpc) is 1.90. The molecule has 9 heavy (non-hydrogen) atoms. The van der Waals surface area contributed by atoms with Crippen molar-refractivity contribution in [2.24, 2.45) is 0 Å². The molecule has 2 N–H and O–H groups in total. The molecule has 1 aliphatic heterocycles. The maximum Gasteiger partial charge on any atom is 0.0956 e. The van der Waals surface area contributed by atoms with Crippen molar-refractivity contribution in [3.05, 3.63) is 0 Å². The highest BCUT2D eigenvalue weighted by atomic mass is 16.3. The van der Waals surface area contributed by atoms with Crippen molar-refractivity contribution in [3.63, 3.8) is 0 Å². The predicted molar refractivity (Wildman–Crippen MR) is 33.9 cm³/mol. The fourth-order valence-corrected chi connectivity index (χ4v) is 1.06. The van der Waals surface area contributed by atoms with Gasteiger partial charge in [-0.2, -0.15) is 0 Å². The largest absolute Gasteiger partial charge is 0.393 e. The molecular formula is C6H13NO2. The van der Waals surface area contributed by atoms with Gasteiger partial charge in [0.1, 0.15) is 0 Å². The molecule has 1 rings (SSSR count). The van der Waals surface area contributed by atoms with E-state index in [0.29, 0.717) is 0 Å². The fourth-order valence-electron chi connectivity index (χ4n) is 1.06. The van der Waals surface area contributed by atoms with Gasteiger partial charge in [-0.1, -0.05) is 0 Å². The topological polar surface area (TPSA) is 43.7 Å². The molecule has 1 fully saturated rings. The molecule has 0 aromatic heterocycles. The zero-order valence-corrected chi connectivity index (χ0v) is 5.45. The van der Waals surface area contributed by atoms with Gasteiger partial charge in [-0.05, 0) is 12.8 Å². The van der Waals surface area contributed by atoms with Crippen LogP contribution >= 0.6 is 0 Å². The molecule has 0 saturated carbocycles. The smallest absolute Gasteiger partial charge is 0.0956 e. The summed E-state index contributed by atoms with van der Waals surface area (Å²) in [6.45, 7) is 1.79. The normalized spacial score (nSPS) is 24.7. The van der Waals surface area contributed by atoms with Gasteiger partial charge in [0.15, 0.2) is 0 Å². The lowest BCUT2D eigenvalue weighted by Gasteiger charge is -2.27. The number of hydrogen-bond acceptors (Lipinski definition) is 3. The van der Waals surface area contributed by atoms with E-state index in [2.05, 4.69) is 0 Å². The van der Waals surface area contributed by atoms with E-state index < -0.39 is 0 Å². The number of nitrogens with zero attached hydrogens (tertiary/aromatic N) is 1. The highest BCUT2D eigenvalue weighted by Gasteiger charge is 2.14. The monoisotopic (exact) mass is 131 g/mol. The van der Waals surface area contributed by atoms with E-state index in [1.54, 1.807) is 0 Å². The van der Waals surface area contributed by atoms with Crippen molar-refractivity contribution in [1.29, 1.82) is 0 Å². The molecule has 0 atom stereocenters. The first-order valence-electron chi connectivity index (χ1n) is 3.34. The van der Waals surface area contributed by atoms with Gasteiger partial charge >= 0.3 is 0 Å². The van der Waals surface area contributed by atoms with Crippen LogP contribution in [0.3, 0.4) is 0 Å². The van der Waals surface area contributed by atoms with Gasteiger partial charge in [0.25, 0.3) is 0 Å². The predicted octanol–water partition coefficient (Wildman–Crippen LogP) is -0.607. The van der Waals surface area contributed by atoms with Crippen LogP contribution in [0.1, 0.15) is 12.8 Å². The van der Waals surface area contributed by atoms with Crippen molar-refractivity contribution < 1.29 is 10.2 Å². The minimum Gasteiger partial charge on any atom is -0.393 e. The first-order chi connectivity index (χ1) is 4.33. The van der Waals surface area contributed by atoms with Crippen LogP contribution in [0, 0.1) is 0 Å². The van der Waals surface area contributed by atoms with Crippen molar-refractivity contribution in [1.82, 2.24) is 4.90 Å². The molecule has 0 aliphatic carbocycles. The minimum absolute atomic E-state index is 0.132. The Labute approximate surface area is 54.9 Å². The fraction of sp³-hybridized carbons (Fsp3) is 1.00. The van der Waals surface area contributed by atoms with E-state index >= 15 is 0 Å². The van der Waals surface area contributed by atoms with E-state index in [-0.39, 0.29) is 12.8 Å². The second kappa shape index (κ2) is 3.15. The molecule has 0 aromatic rings. The maximum atomic E-state index is 9.01. The van der Waals surface area contributed by atoms with Gasteiger partial charge in [-0.15, -0.1) is 0 Å². The summed E-state index contributed by atoms with van der Waals surface area (Å²) in [6, 6.07) is 0. The molecule has 3 nitrogen and oxygen atoms in total. The van der Waals surface area contributed by atoms with Gasteiger partial charge in [0.2, 0.25) is 0 Å². The van der Waals surface area contributed by atoms with E-state index in [1.807, 2.05) is 4.90 Å². The van der Waals surface area contributed by atoms with E-state index in [0.717, 1.165) is 25.9 Å². The highest BCUT2D eigenvalue weighted by Crippen LogP contribution is 2.07. The molecular weight excluding hydrogens is 118 g/mol. The van der Waals surface area contributed by atoms with Crippen LogP contribution in [0.15, 0.2) is 0 Å². The second-order valence-corrected chi connectivity index (χ2v) is 2.49. The number of rotatable bonds is 1. The number of aliphatic hydroxyl groups is 2. The van der Waals surface area contributed by atoms with Crippen molar-refractivity contribution in [2.45, 2.75) is 18.9 Å². The van der Waals surface area contributed by atoms with Crippen molar-refractivity contribution in [2.75, 3.05) is 19.8 Å². The van der Waals surface area contributed by atoms with Gasteiger partial charge in [-0.3, -0.25) is 4.90 Å². The maximum absolute atomic E-state index is 9.01. The Balaban J connectivity index is 2.18. The van der Waals surface area contributed by atoms with Crippen molar-refractivity contribution in [3.8, 4) is 0 Å². The summed E-state index contributed by atoms with van der Waals surface area (Å²) >= 11 is 0. The van der Waals surface area contributed by atoms with Crippen LogP contribution in [0.25, 0.3) is 0 Å². The number of aliphatic hydroxyl groups excluding tert-OH is 2. The van der Waals surface area contributed by atoms with Gasteiger partial charge in [-0.25, -0.2) is 0 Å². The first-order valence-corrected chi connectivity index (χ1v) is 3.34. The second-order valence-electron chi connectivity index (χ2n) is 2.49. The third-order valence-corrected chi connectivity index (χ3v) is 1.76. The van der Waals surface area contributed by atoms with Crippen LogP contribution in [0.2, 0.25) is 0 Å². The Bertz CT molecular complexity index is 79.1. The van der Waals surface area contributed by atoms with Crippen molar-refractivity contribution >= 4 is 0 Å². The Hall–Kier alpha value is -0.120. The number of piperidine rings is 1. The molecule has 0 radical (unpaired) electrons. The molecule has 0 unspecified atom stereocenters. The van der Waals surface area contributed by atoms with Crippen LogP contribution in [0.5, 0.6) is 0 Å². The summed E-state index contributed by atoms with van der Waals surface area (Å²) in [5.74, 6) is 0. The number of hydrogen-bond donors (Lipinski definition) is 2. The van der Waals surface area contributed by atoms with Gasteiger partial charge in [0, 0.05) is 13.1 Å². The first kappa shape index (κ1) is 6.99. The lowest BCUT2D eigenvalue weighted by molar-refractivity contribution is 0.0345. The number of likely N-dealkylation sites (tertiary alicyclic amines) is 1. The molecule has 0 aromatic carbocycles. The Morgan fingerprint density at radius 3 is 2.33 bits per heavy atom. The van der Waals surface area contributed by atoms with Gasteiger partial charge < -0.3 is 10.2 Å². The molecule has 1 saturated heterocycles. The van der Waals surface area contributed by atoms with Gasteiger partial charge in [0.05, 0.1) is 12.8 Å². The summed E-state index contributed by atoms with van der Waals surface area (Å²) < 4.78 is 0. The summed E-state index contributed by atoms with van der Waals surface area (Å²) in [6.07, 6.45) is 1.48.